The second-order valence-corrected chi connectivity index (χ2v) is 6.77. The van der Waals surface area contributed by atoms with Crippen molar-refractivity contribution >= 4 is 17.6 Å². The molecule has 2 heterocycles. The summed E-state index contributed by atoms with van der Waals surface area (Å²) in [7, 11) is 1.59. The average Bonchev–Trinajstić information content (AvgIpc) is 3.02. The van der Waals surface area contributed by atoms with Crippen LogP contribution >= 0.6 is 0 Å². The van der Waals surface area contributed by atoms with E-state index in [0.717, 1.165) is 25.3 Å². The molecule has 142 valence electrons. The summed E-state index contributed by atoms with van der Waals surface area (Å²) in [4.78, 5) is 29.6. The molecule has 2 fully saturated rings. The van der Waals surface area contributed by atoms with Gasteiger partial charge in [-0.15, -0.1) is 0 Å². The SMILES string of the molecule is COc1cccc(N2C[C@@H](NC(=O)N3CC[NH+](CCO)CC3)CC2=O)c1. The number of nitrogens with one attached hydrogen (secondary N) is 2. The lowest BCUT2D eigenvalue weighted by Crippen LogP contribution is -3.15. The Hall–Kier alpha value is -2.32. The van der Waals surface area contributed by atoms with Gasteiger partial charge in [-0.3, -0.25) is 4.79 Å². The lowest BCUT2D eigenvalue weighted by molar-refractivity contribution is -0.904. The van der Waals surface area contributed by atoms with Crippen LogP contribution in [0.4, 0.5) is 10.5 Å². The van der Waals surface area contributed by atoms with E-state index in [2.05, 4.69) is 5.32 Å². The Morgan fingerprint density at radius 1 is 1.38 bits per heavy atom. The van der Waals surface area contributed by atoms with E-state index >= 15 is 0 Å². The Bertz CT molecular complexity index is 646. The van der Waals surface area contributed by atoms with Crippen LogP contribution in [-0.4, -0.2) is 81.0 Å². The number of rotatable bonds is 5. The van der Waals surface area contributed by atoms with Gasteiger partial charge in [-0.05, 0) is 12.1 Å². The molecular formula is C18H27N4O4+. The first-order valence-corrected chi connectivity index (χ1v) is 9.05. The first-order chi connectivity index (χ1) is 12.6. The van der Waals surface area contributed by atoms with Gasteiger partial charge in [0, 0.05) is 24.7 Å². The topological polar surface area (TPSA) is 86.6 Å². The van der Waals surface area contributed by atoms with Crippen LogP contribution in [-0.2, 0) is 4.79 Å². The highest BCUT2D eigenvalue weighted by Gasteiger charge is 2.33. The van der Waals surface area contributed by atoms with E-state index in [0.29, 0.717) is 31.8 Å². The lowest BCUT2D eigenvalue weighted by Gasteiger charge is -2.32. The minimum Gasteiger partial charge on any atom is -0.497 e. The van der Waals surface area contributed by atoms with E-state index in [1.54, 1.807) is 16.9 Å². The minimum atomic E-state index is -0.191. The Kier molecular flexibility index (Phi) is 5.95. The molecule has 0 bridgehead atoms. The van der Waals surface area contributed by atoms with Gasteiger partial charge in [-0.25, -0.2) is 4.79 Å². The van der Waals surface area contributed by atoms with Gasteiger partial charge in [0.1, 0.15) is 12.3 Å². The molecule has 0 unspecified atom stereocenters. The van der Waals surface area contributed by atoms with Gasteiger partial charge in [0.25, 0.3) is 0 Å². The molecule has 1 atom stereocenters. The number of amides is 3. The second-order valence-electron chi connectivity index (χ2n) is 6.77. The molecule has 8 heteroatoms. The van der Waals surface area contributed by atoms with Crippen molar-refractivity contribution in [3.63, 3.8) is 0 Å². The highest BCUT2D eigenvalue weighted by Crippen LogP contribution is 2.25. The van der Waals surface area contributed by atoms with E-state index in [-0.39, 0.29) is 24.6 Å². The molecule has 3 amide bonds. The molecule has 2 aliphatic heterocycles. The minimum absolute atomic E-state index is 0.000706. The number of urea groups is 1. The molecule has 8 nitrogen and oxygen atoms in total. The molecule has 1 aromatic rings. The third kappa shape index (κ3) is 4.25. The first kappa shape index (κ1) is 18.5. The Balaban J connectivity index is 1.53. The van der Waals surface area contributed by atoms with Crippen LogP contribution in [0.15, 0.2) is 24.3 Å². The summed E-state index contributed by atoms with van der Waals surface area (Å²) in [6, 6.07) is 7.07. The zero-order valence-corrected chi connectivity index (χ0v) is 15.1. The molecule has 1 aromatic carbocycles. The molecule has 0 aliphatic carbocycles. The van der Waals surface area contributed by atoms with Gasteiger partial charge in [0.15, 0.2) is 0 Å². The number of nitrogens with zero attached hydrogens (tertiary/aromatic N) is 2. The van der Waals surface area contributed by atoms with Crippen LogP contribution in [0.25, 0.3) is 0 Å². The standard InChI is InChI=1S/C18H26N4O4/c1-26-16-4-2-3-15(12-16)22-13-14(11-17(22)24)19-18(25)21-7-5-20(6-8-21)9-10-23/h2-4,12,14,23H,5-11,13H2,1H3,(H,19,25)/p+1/t14-/m0/s1. The van der Waals surface area contributed by atoms with Gasteiger partial charge in [-0.1, -0.05) is 6.07 Å². The fourth-order valence-electron chi connectivity index (χ4n) is 3.53. The third-order valence-electron chi connectivity index (χ3n) is 5.04. The number of hydrogen-bond donors (Lipinski definition) is 3. The fourth-order valence-corrected chi connectivity index (χ4v) is 3.53. The van der Waals surface area contributed by atoms with Crippen molar-refractivity contribution in [2.24, 2.45) is 0 Å². The number of anilines is 1. The van der Waals surface area contributed by atoms with Crippen LogP contribution in [0.2, 0.25) is 0 Å². The number of carbonyl (C=O) groups is 2. The van der Waals surface area contributed by atoms with Crippen molar-refractivity contribution in [1.82, 2.24) is 10.2 Å². The molecule has 26 heavy (non-hydrogen) atoms. The number of aliphatic hydroxyl groups excluding tert-OH is 1. The van der Waals surface area contributed by atoms with Crippen LogP contribution in [0, 0.1) is 0 Å². The number of piperazine rings is 1. The molecule has 2 aliphatic rings. The van der Waals surface area contributed by atoms with Crippen molar-refractivity contribution in [3.8, 4) is 5.75 Å². The second kappa shape index (κ2) is 8.37. The Labute approximate surface area is 153 Å². The third-order valence-corrected chi connectivity index (χ3v) is 5.04. The summed E-state index contributed by atoms with van der Waals surface area (Å²) < 4.78 is 5.21. The monoisotopic (exact) mass is 363 g/mol. The number of methoxy groups -OCH3 is 1. The molecule has 3 N–H and O–H groups in total. The molecule has 3 rings (SSSR count). The normalized spacial score (nSPS) is 21.2. The lowest BCUT2D eigenvalue weighted by atomic mass is 10.2. The van der Waals surface area contributed by atoms with E-state index in [9.17, 15) is 9.59 Å². The quantitative estimate of drug-likeness (QED) is 0.607. The number of quaternary nitrogens is 1. The summed E-state index contributed by atoms with van der Waals surface area (Å²) in [6.07, 6.45) is 0.304. The average molecular weight is 363 g/mol. The zero-order valence-electron chi connectivity index (χ0n) is 15.1. The van der Waals surface area contributed by atoms with E-state index in [4.69, 9.17) is 9.84 Å². The van der Waals surface area contributed by atoms with Crippen LogP contribution in [0.3, 0.4) is 0 Å². The molecule has 0 aromatic heterocycles. The first-order valence-electron chi connectivity index (χ1n) is 9.05. The maximum absolute atomic E-state index is 12.5. The van der Waals surface area contributed by atoms with Crippen molar-refractivity contribution in [2.45, 2.75) is 12.5 Å². The number of ether oxygens (including phenoxy) is 1. The maximum Gasteiger partial charge on any atom is 0.318 e. The number of carbonyl (C=O) groups excluding carboxylic acids is 2. The van der Waals surface area contributed by atoms with E-state index in [1.807, 2.05) is 24.3 Å². The molecule has 2 saturated heterocycles. The van der Waals surface area contributed by atoms with Crippen molar-refractivity contribution in [1.29, 1.82) is 0 Å². The highest BCUT2D eigenvalue weighted by atomic mass is 16.5. The maximum atomic E-state index is 12.5. The van der Waals surface area contributed by atoms with Crippen molar-refractivity contribution in [2.75, 3.05) is 57.9 Å². The Morgan fingerprint density at radius 3 is 2.85 bits per heavy atom. The fraction of sp³-hybridized carbons (Fsp3) is 0.556. The number of benzene rings is 1. The van der Waals surface area contributed by atoms with Crippen LogP contribution < -0.4 is 19.9 Å². The molecular weight excluding hydrogens is 336 g/mol. The van der Waals surface area contributed by atoms with E-state index in [1.165, 1.54) is 4.90 Å². The largest absolute Gasteiger partial charge is 0.497 e. The van der Waals surface area contributed by atoms with Gasteiger partial charge >= 0.3 is 6.03 Å². The summed E-state index contributed by atoms with van der Waals surface area (Å²) in [5, 5.41) is 12.0. The van der Waals surface area contributed by atoms with Crippen LogP contribution in [0.5, 0.6) is 5.75 Å². The van der Waals surface area contributed by atoms with Crippen molar-refractivity contribution in [3.05, 3.63) is 24.3 Å². The summed E-state index contributed by atoms with van der Waals surface area (Å²) >= 11 is 0. The number of aliphatic hydroxyl groups is 1. The van der Waals surface area contributed by atoms with Gasteiger partial charge in [-0.2, -0.15) is 0 Å². The predicted octanol–water partition coefficient (Wildman–Crippen LogP) is -1.30. The predicted molar refractivity (Wildman–Crippen MR) is 96.5 cm³/mol. The summed E-state index contributed by atoms with van der Waals surface area (Å²) in [5.41, 5.74) is 0.785. The molecule has 0 spiro atoms. The molecule has 0 radical (unpaired) electrons. The Morgan fingerprint density at radius 2 is 2.15 bits per heavy atom. The number of hydrogen-bond acceptors (Lipinski definition) is 4. The van der Waals surface area contributed by atoms with Gasteiger partial charge in [0.05, 0.1) is 45.9 Å². The molecule has 0 saturated carbocycles. The summed E-state index contributed by atoms with van der Waals surface area (Å²) in [5.74, 6) is 0.701. The summed E-state index contributed by atoms with van der Waals surface area (Å²) in [6.45, 7) is 4.38. The van der Waals surface area contributed by atoms with Crippen molar-refractivity contribution < 1.29 is 24.3 Å². The highest BCUT2D eigenvalue weighted by molar-refractivity contribution is 5.97. The smallest absolute Gasteiger partial charge is 0.318 e. The zero-order chi connectivity index (χ0) is 18.5. The van der Waals surface area contributed by atoms with E-state index < -0.39 is 0 Å². The van der Waals surface area contributed by atoms with Gasteiger partial charge < -0.3 is 29.9 Å². The van der Waals surface area contributed by atoms with Gasteiger partial charge in [0.2, 0.25) is 5.91 Å². The van der Waals surface area contributed by atoms with Crippen LogP contribution in [0.1, 0.15) is 6.42 Å².